The lowest BCUT2D eigenvalue weighted by Crippen LogP contribution is -2.59. The van der Waals surface area contributed by atoms with Crippen molar-refractivity contribution in [1.82, 2.24) is 25.2 Å². The normalized spacial score (nSPS) is 29.7. The van der Waals surface area contributed by atoms with Gasteiger partial charge in [-0.15, -0.1) is 8.78 Å². The van der Waals surface area contributed by atoms with Crippen LogP contribution in [0.1, 0.15) is 72.6 Å². The van der Waals surface area contributed by atoms with Crippen LogP contribution < -0.4 is 29.6 Å². The molecule has 1 aromatic heterocycles. The van der Waals surface area contributed by atoms with Crippen molar-refractivity contribution in [3.63, 3.8) is 0 Å². The maximum atomic E-state index is 14.7. The lowest BCUT2D eigenvalue weighted by Gasteiger charge is -2.34. The van der Waals surface area contributed by atoms with Gasteiger partial charge < -0.3 is 34.5 Å². The predicted molar refractivity (Wildman–Crippen MR) is 196 cm³/mol. The second-order valence-corrected chi connectivity index (χ2v) is 18.5. The molecule has 7 unspecified atom stereocenters. The van der Waals surface area contributed by atoms with Gasteiger partial charge >= 0.3 is 18.6 Å². The fourth-order valence-electron chi connectivity index (χ4n) is 7.83. The number of pyridine rings is 1. The monoisotopic (exact) mass is 857 g/mol. The molecule has 3 aliphatic heterocycles. The minimum absolute atomic E-state index is 0.0501. The number of fused-ring (bicyclic) bond motifs is 5. The highest BCUT2D eigenvalue weighted by Crippen LogP contribution is 2.48. The molecular weight excluding hydrogens is 814 g/mol. The molecule has 7 rings (SSSR count). The van der Waals surface area contributed by atoms with Crippen molar-refractivity contribution >= 4 is 44.6 Å². The van der Waals surface area contributed by atoms with Crippen molar-refractivity contribution < 1.29 is 68.5 Å². The molecule has 0 bridgehead atoms. The minimum Gasteiger partial charge on any atom is -0.472 e. The molecule has 1 saturated heterocycles. The van der Waals surface area contributed by atoms with Crippen LogP contribution in [0.5, 0.6) is 17.4 Å². The first-order valence-electron chi connectivity index (χ1n) is 19.3. The van der Waals surface area contributed by atoms with Crippen LogP contribution in [0.2, 0.25) is 0 Å². The van der Waals surface area contributed by atoms with Crippen LogP contribution in [0.25, 0.3) is 10.8 Å². The molecule has 0 radical (unpaired) electrons. The number of aromatic nitrogens is 1. The number of sulfonamides is 1. The van der Waals surface area contributed by atoms with Crippen LogP contribution in [0.15, 0.2) is 36.5 Å². The van der Waals surface area contributed by atoms with Gasteiger partial charge in [0.1, 0.15) is 23.7 Å². The van der Waals surface area contributed by atoms with E-state index in [1.807, 2.05) is 13.0 Å². The Morgan fingerprint density at radius 3 is 2.46 bits per heavy atom. The first-order valence-corrected chi connectivity index (χ1v) is 20.8. The molecule has 322 valence electrons. The number of hydrogen-bond acceptors (Lipinski definition) is 11. The third kappa shape index (κ3) is 8.57. The van der Waals surface area contributed by atoms with Gasteiger partial charge in [-0.1, -0.05) is 26.0 Å². The Bertz CT molecular complexity index is 2180. The average molecular weight is 858 g/mol. The van der Waals surface area contributed by atoms with E-state index in [1.54, 1.807) is 13.0 Å². The lowest BCUT2D eigenvalue weighted by molar-refractivity contribution is -0.286. The number of allylic oxidation sites excluding steroid dienone is 1. The molecule has 2 aromatic rings. The minimum atomic E-state index is -4.96. The van der Waals surface area contributed by atoms with Gasteiger partial charge in [-0.05, 0) is 82.4 Å². The van der Waals surface area contributed by atoms with Gasteiger partial charge in [0, 0.05) is 29.3 Å². The molecule has 3 fully saturated rings. The van der Waals surface area contributed by atoms with E-state index in [9.17, 15) is 49.5 Å². The van der Waals surface area contributed by atoms with Crippen LogP contribution >= 0.6 is 0 Å². The largest absolute Gasteiger partial charge is 0.586 e. The molecule has 1 aromatic carbocycles. The smallest absolute Gasteiger partial charge is 0.472 e. The van der Waals surface area contributed by atoms with Crippen molar-refractivity contribution in [2.45, 2.75) is 120 Å². The van der Waals surface area contributed by atoms with Crippen LogP contribution in [-0.2, 0) is 29.1 Å². The van der Waals surface area contributed by atoms with Crippen molar-refractivity contribution in [1.29, 1.82) is 0 Å². The molecule has 15 nitrogen and oxygen atoms in total. The summed E-state index contributed by atoms with van der Waals surface area (Å²) in [5.74, 6) is -4.68. The maximum Gasteiger partial charge on any atom is 0.586 e. The van der Waals surface area contributed by atoms with E-state index in [-0.39, 0.29) is 53.5 Å². The van der Waals surface area contributed by atoms with Gasteiger partial charge in [0.25, 0.3) is 5.91 Å². The summed E-state index contributed by atoms with van der Waals surface area (Å²) >= 11 is 0. The van der Waals surface area contributed by atoms with E-state index in [0.29, 0.717) is 46.0 Å². The van der Waals surface area contributed by atoms with Crippen molar-refractivity contribution in [3.05, 3.63) is 36.5 Å². The van der Waals surface area contributed by atoms with Crippen LogP contribution in [0.3, 0.4) is 0 Å². The third-order valence-electron chi connectivity index (χ3n) is 11.5. The summed E-state index contributed by atoms with van der Waals surface area (Å²) in [7, 11) is -4.03. The SMILES string of the molecule is CC1CCC=CC2CC2(C(=O)NS(=O)(=O)C2CC2)NC(=O)C2CC(Oc3nccc4c5c(ccc34)OC(F)(F)O5)CN2C(=O)C(NC(=O)OC(C)(C)C(F)(F)F)C(C)C1. The van der Waals surface area contributed by atoms with Gasteiger partial charge in [-0.25, -0.2) is 18.2 Å². The number of nitrogens with one attached hydrogen (secondary N) is 3. The second-order valence-electron chi connectivity index (χ2n) is 16.5. The van der Waals surface area contributed by atoms with E-state index in [0.717, 1.165) is 4.90 Å². The Balaban J connectivity index is 1.22. The number of hydrogen-bond donors (Lipinski definition) is 3. The van der Waals surface area contributed by atoms with E-state index in [4.69, 9.17) is 14.2 Å². The van der Waals surface area contributed by atoms with Crippen LogP contribution in [0.4, 0.5) is 26.7 Å². The fraction of sp³-hybridized carbons (Fsp3) is 0.605. The standard InChI is InChI=1S/C38H44F5N5O10S/c1-19-7-5-6-8-21-17-36(21,33(51)47-59(53,54)23-9-10-23)46-30(49)26-16-22(55-31-25-11-12-27-29(24(25)13-14-44-31)57-38(42,43)56-27)18-48(26)32(50)28(20(2)15-19)45-34(52)58-35(3,4)37(39,40)41/h6,8,11-14,19-23,26,28H,5,7,9-10,15-18H2,1-4H3,(H,45,52)(H,46,49)(H,47,51). The number of halogens is 5. The summed E-state index contributed by atoms with van der Waals surface area (Å²) in [6, 6.07) is 1.08. The van der Waals surface area contributed by atoms with E-state index in [1.165, 1.54) is 24.4 Å². The van der Waals surface area contributed by atoms with Gasteiger partial charge in [0.15, 0.2) is 11.5 Å². The van der Waals surface area contributed by atoms with Crippen LogP contribution in [0, 0.1) is 17.8 Å². The summed E-state index contributed by atoms with van der Waals surface area (Å²) in [5, 5.41) is 4.66. The number of rotatable bonds is 7. The number of carbonyl (C=O) groups is 4. The summed E-state index contributed by atoms with van der Waals surface area (Å²) in [6.45, 7) is 4.48. The Hall–Kier alpha value is -4.95. The summed E-state index contributed by atoms with van der Waals surface area (Å²) < 4.78 is 117. The van der Waals surface area contributed by atoms with Crippen molar-refractivity contribution in [3.8, 4) is 17.4 Å². The highest BCUT2D eigenvalue weighted by Gasteiger charge is 2.62. The predicted octanol–water partition coefficient (Wildman–Crippen LogP) is 4.84. The zero-order chi connectivity index (χ0) is 42.9. The molecule has 4 heterocycles. The summed E-state index contributed by atoms with van der Waals surface area (Å²) in [5.41, 5.74) is -4.63. The third-order valence-corrected chi connectivity index (χ3v) is 13.3. The number of alkyl carbamates (subject to hydrolysis) is 1. The summed E-state index contributed by atoms with van der Waals surface area (Å²) in [6.07, 6.45) is -4.71. The molecule has 5 aliphatic rings. The molecule has 7 atom stereocenters. The number of benzene rings is 1. The Kier molecular flexibility index (Phi) is 10.7. The quantitative estimate of drug-likeness (QED) is 0.255. The lowest BCUT2D eigenvalue weighted by atomic mass is 9.88. The Labute approximate surface area is 335 Å². The topological polar surface area (TPSA) is 192 Å². The number of nitrogens with zero attached hydrogens (tertiary/aromatic N) is 2. The van der Waals surface area contributed by atoms with E-state index >= 15 is 0 Å². The molecule has 4 amide bonds. The van der Waals surface area contributed by atoms with E-state index in [2.05, 4.69) is 25.1 Å². The van der Waals surface area contributed by atoms with Crippen molar-refractivity contribution in [2.75, 3.05) is 6.54 Å². The maximum absolute atomic E-state index is 14.7. The van der Waals surface area contributed by atoms with Crippen molar-refractivity contribution in [2.24, 2.45) is 17.8 Å². The zero-order valence-corrected chi connectivity index (χ0v) is 33.3. The van der Waals surface area contributed by atoms with E-state index < -0.39 is 92.7 Å². The fourth-order valence-corrected chi connectivity index (χ4v) is 9.19. The Morgan fingerprint density at radius 2 is 1.76 bits per heavy atom. The number of alkyl halides is 5. The van der Waals surface area contributed by atoms with Gasteiger partial charge in [0.2, 0.25) is 33.3 Å². The Morgan fingerprint density at radius 1 is 1.03 bits per heavy atom. The molecular formula is C38H44F5N5O10S. The summed E-state index contributed by atoms with van der Waals surface area (Å²) in [4.78, 5) is 61.3. The first-order chi connectivity index (χ1) is 27.5. The van der Waals surface area contributed by atoms with Crippen LogP contribution in [-0.4, -0.2) is 95.7 Å². The molecule has 0 spiro atoms. The average Bonchev–Trinajstić information content (AvgIpc) is 4.03. The first kappa shape index (κ1) is 42.2. The highest BCUT2D eigenvalue weighted by molar-refractivity contribution is 7.91. The number of amides is 4. The number of ether oxygens (including phenoxy) is 4. The highest BCUT2D eigenvalue weighted by atomic mass is 32.2. The van der Waals surface area contributed by atoms with Gasteiger partial charge in [0.05, 0.1) is 11.8 Å². The van der Waals surface area contributed by atoms with Gasteiger partial charge in [-0.3, -0.25) is 19.1 Å². The zero-order valence-electron chi connectivity index (χ0n) is 32.4. The van der Waals surface area contributed by atoms with Gasteiger partial charge in [-0.2, -0.15) is 13.2 Å². The molecule has 2 aliphatic carbocycles. The molecule has 59 heavy (non-hydrogen) atoms. The molecule has 3 N–H and O–H groups in total. The molecule has 2 saturated carbocycles. The molecule has 21 heteroatoms. The number of carbonyl (C=O) groups excluding carboxylic acids is 4. The second kappa shape index (κ2) is 14.9.